The van der Waals surface area contributed by atoms with E-state index in [1.54, 1.807) is 12.4 Å². The van der Waals surface area contributed by atoms with Crippen molar-refractivity contribution in [1.82, 2.24) is 4.98 Å². The molecule has 0 saturated heterocycles. The molecule has 1 saturated carbocycles. The van der Waals surface area contributed by atoms with Gasteiger partial charge in [0.05, 0.1) is 16.5 Å². The maximum absolute atomic E-state index is 9.26. The van der Waals surface area contributed by atoms with Crippen molar-refractivity contribution in [3.8, 4) is 6.07 Å². The first-order valence-corrected chi connectivity index (χ1v) is 5.63. The van der Waals surface area contributed by atoms with Gasteiger partial charge in [-0.05, 0) is 30.9 Å². The molecule has 0 atom stereocenters. The van der Waals surface area contributed by atoms with Crippen LogP contribution >= 0.6 is 11.6 Å². The van der Waals surface area contributed by atoms with E-state index >= 15 is 0 Å². The van der Waals surface area contributed by atoms with Crippen LogP contribution in [0.5, 0.6) is 0 Å². The van der Waals surface area contributed by atoms with Crippen molar-refractivity contribution >= 4 is 11.6 Å². The molecule has 1 aliphatic carbocycles. The van der Waals surface area contributed by atoms with Gasteiger partial charge in [-0.2, -0.15) is 5.26 Å². The maximum atomic E-state index is 9.26. The lowest BCUT2D eigenvalue weighted by atomic mass is 9.82. The van der Waals surface area contributed by atoms with Crippen LogP contribution in [0.25, 0.3) is 0 Å². The van der Waals surface area contributed by atoms with E-state index in [4.69, 9.17) is 11.6 Å². The average Bonchev–Trinajstić information content (AvgIpc) is 2.71. The summed E-state index contributed by atoms with van der Waals surface area (Å²) in [4.78, 5) is 3.95. The first-order chi connectivity index (χ1) is 7.26. The fourth-order valence-electron chi connectivity index (χ4n) is 2.29. The Balaban J connectivity index is 2.21. The smallest absolute Gasteiger partial charge is 0.0693 e. The molecule has 1 heterocycles. The van der Waals surface area contributed by atoms with Gasteiger partial charge in [0.25, 0.3) is 0 Å². The summed E-state index contributed by atoms with van der Waals surface area (Å²) in [6, 6.07) is 4.39. The average molecular weight is 221 g/mol. The second-order valence-corrected chi connectivity index (χ2v) is 4.65. The molecular formula is C12H13ClN2. The van der Waals surface area contributed by atoms with Crippen molar-refractivity contribution in [3.63, 3.8) is 0 Å². The zero-order chi connectivity index (χ0) is 10.7. The van der Waals surface area contributed by atoms with Crippen molar-refractivity contribution in [2.75, 3.05) is 0 Å². The highest BCUT2D eigenvalue weighted by molar-refractivity contribution is 6.31. The van der Waals surface area contributed by atoms with Crippen LogP contribution in [0.2, 0.25) is 5.02 Å². The van der Waals surface area contributed by atoms with Gasteiger partial charge < -0.3 is 0 Å². The minimum absolute atomic E-state index is 0.176. The van der Waals surface area contributed by atoms with E-state index < -0.39 is 0 Å². The minimum atomic E-state index is -0.176. The Hall–Kier alpha value is -1.07. The number of hydrogen-bond acceptors (Lipinski definition) is 2. The standard InChI is InChI=1S/C12H13ClN2/c13-11-8-15-6-3-10(11)7-12(9-14)4-1-2-5-12/h3,6,8H,1-2,4-5,7H2. The summed E-state index contributed by atoms with van der Waals surface area (Å²) in [7, 11) is 0. The molecule has 1 aromatic rings. The van der Waals surface area contributed by atoms with Crippen LogP contribution in [0, 0.1) is 16.7 Å². The van der Waals surface area contributed by atoms with E-state index in [2.05, 4.69) is 11.1 Å². The number of hydrogen-bond donors (Lipinski definition) is 0. The summed E-state index contributed by atoms with van der Waals surface area (Å²) in [5, 5.41) is 9.94. The van der Waals surface area contributed by atoms with E-state index in [1.165, 1.54) is 0 Å². The van der Waals surface area contributed by atoms with Crippen molar-refractivity contribution in [2.24, 2.45) is 5.41 Å². The van der Waals surface area contributed by atoms with Crippen LogP contribution in [0.4, 0.5) is 0 Å². The van der Waals surface area contributed by atoms with Gasteiger partial charge in [-0.25, -0.2) is 0 Å². The fourth-order valence-corrected chi connectivity index (χ4v) is 2.48. The SMILES string of the molecule is N#CC1(Cc2ccncc2Cl)CCCC1. The predicted molar refractivity (Wildman–Crippen MR) is 59.5 cm³/mol. The topological polar surface area (TPSA) is 36.7 Å². The highest BCUT2D eigenvalue weighted by atomic mass is 35.5. The second kappa shape index (κ2) is 4.20. The van der Waals surface area contributed by atoms with E-state index in [9.17, 15) is 5.26 Å². The number of nitriles is 1. The maximum Gasteiger partial charge on any atom is 0.0693 e. The summed E-state index contributed by atoms with van der Waals surface area (Å²) in [6.45, 7) is 0. The van der Waals surface area contributed by atoms with Crippen molar-refractivity contribution in [3.05, 3.63) is 29.0 Å². The zero-order valence-corrected chi connectivity index (χ0v) is 9.30. The van der Waals surface area contributed by atoms with Crippen molar-refractivity contribution in [1.29, 1.82) is 5.26 Å². The Morgan fingerprint density at radius 2 is 2.20 bits per heavy atom. The Morgan fingerprint density at radius 1 is 1.47 bits per heavy atom. The van der Waals surface area contributed by atoms with Gasteiger partial charge in [0.15, 0.2) is 0 Å². The molecule has 3 heteroatoms. The number of rotatable bonds is 2. The Bertz CT molecular complexity index is 389. The van der Waals surface area contributed by atoms with E-state index in [-0.39, 0.29) is 5.41 Å². The molecule has 1 aromatic heterocycles. The minimum Gasteiger partial charge on any atom is -0.263 e. The number of halogens is 1. The third-order valence-corrected chi connectivity index (χ3v) is 3.52. The molecule has 15 heavy (non-hydrogen) atoms. The molecule has 0 aliphatic heterocycles. The summed E-state index contributed by atoms with van der Waals surface area (Å²) in [6.07, 6.45) is 8.49. The lowest BCUT2D eigenvalue weighted by molar-refractivity contribution is 0.408. The second-order valence-electron chi connectivity index (χ2n) is 4.24. The lowest BCUT2D eigenvalue weighted by Gasteiger charge is -2.20. The highest BCUT2D eigenvalue weighted by Crippen LogP contribution is 2.41. The zero-order valence-electron chi connectivity index (χ0n) is 8.54. The Kier molecular flexibility index (Phi) is 2.93. The fraction of sp³-hybridized carbons (Fsp3) is 0.500. The third kappa shape index (κ3) is 2.13. The summed E-state index contributed by atoms with van der Waals surface area (Å²) >= 11 is 6.05. The molecule has 2 nitrogen and oxygen atoms in total. The molecule has 1 fully saturated rings. The summed E-state index contributed by atoms with van der Waals surface area (Å²) in [5.41, 5.74) is 0.875. The Labute approximate surface area is 94.9 Å². The van der Waals surface area contributed by atoms with Crippen LogP contribution in [-0.4, -0.2) is 4.98 Å². The molecule has 0 bridgehead atoms. The number of nitrogens with zero attached hydrogens (tertiary/aromatic N) is 2. The van der Waals surface area contributed by atoms with Gasteiger partial charge in [0, 0.05) is 12.4 Å². The normalized spacial score (nSPS) is 18.7. The number of aromatic nitrogens is 1. The van der Waals surface area contributed by atoms with Crippen molar-refractivity contribution < 1.29 is 0 Å². The van der Waals surface area contributed by atoms with Crippen LogP contribution in [0.1, 0.15) is 31.2 Å². The molecule has 2 rings (SSSR count). The van der Waals surface area contributed by atoms with Crippen LogP contribution < -0.4 is 0 Å². The van der Waals surface area contributed by atoms with Crippen molar-refractivity contribution in [2.45, 2.75) is 32.1 Å². The van der Waals surface area contributed by atoms with Crippen LogP contribution in [0.15, 0.2) is 18.5 Å². The molecule has 1 aliphatic rings. The molecule has 0 unspecified atom stereocenters. The lowest BCUT2D eigenvalue weighted by Crippen LogP contribution is -2.17. The van der Waals surface area contributed by atoms with Gasteiger partial charge in [0.2, 0.25) is 0 Å². The predicted octanol–water partition coefficient (Wildman–Crippen LogP) is 3.36. The van der Waals surface area contributed by atoms with Gasteiger partial charge in [-0.1, -0.05) is 24.4 Å². The van der Waals surface area contributed by atoms with Crippen LogP contribution in [-0.2, 0) is 6.42 Å². The molecule has 0 radical (unpaired) electrons. The molecule has 0 aromatic carbocycles. The Morgan fingerprint density at radius 3 is 2.80 bits per heavy atom. The number of pyridine rings is 1. The first kappa shape index (κ1) is 10.4. The van der Waals surface area contributed by atoms with Gasteiger partial charge in [-0.15, -0.1) is 0 Å². The molecular weight excluding hydrogens is 208 g/mol. The third-order valence-electron chi connectivity index (χ3n) is 3.18. The largest absolute Gasteiger partial charge is 0.263 e. The van der Waals surface area contributed by atoms with E-state index in [0.29, 0.717) is 5.02 Å². The summed E-state index contributed by atoms with van der Waals surface area (Å²) < 4.78 is 0. The summed E-state index contributed by atoms with van der Waals surface area (Å²) in [5.74, 6) is 0. The van der Waals surface area contributed by atoms with Gasteiger partial charge in [-0.3, -0.25) is 4.98 Å². The van der Waals surface area contributed by atoms with E-state index in [1.807, 2.05) is 6.07 Å². The molecule has 0 amide bonds. The molecule has 78 valence electrons. The highest BCUT2D eigenvalue weighted by Gasteiger charge is 2.34. The first-order valence-electron chi connectivity index (χ1n) is 5.25. The quantitative estimate of drug-likeness (QED) is 0.766. The van der Waals surface area contributed by atoms with Gasteiger partial charge in [0.1, 0.15) is 0 Å². The van der Waals surface area contributed by atoms with Gasteiger partial charge >= 0.3 is 0 Å². The van der Waals surface area contributed by atoms with E-state index in [0.717, 1.165) is 37.7 Å². The molecule has 0 N–H and O–H groups in total. The monoisotopic (exact) mass is 220 g/mol. The van der Waals surface area contributed by atoms with Crippen LogP contribution in [0.3, 0.4) is 0 Å². The molecule has 0 spiro atoms.